The largest absolute Gasteiger partial charge is 0.372 e. The Morgan fingerprint density at radius 1 is 0.900 bits per heavy atom. The van der Waals surface area contributed by atoms with Gasteiger partial charge in [-0.2, -0.15) is 0 Å². The van der Waals surface area contributed by atoms with Crippen LogP contribution < -0.4 is 20.0 Å². The molecule has 2 aromatic carbocycles. The van der Waals surface area contributed by atoms with Crippen molar-refractivity contribution in [2.24, 2.45) is 0 Å². The zero-order valence-corrected chi connectivity index (χ0v) is 18.4. The molecule has 0 radical (unpaired) electrons. The molecule has 0 saturated carbocycles. The minimum absolute atomic E-state index is 0.0502. The van der Waals surface area contributed by atoms with E-state index in [0.29, 0.717) is 0 Å². The minimum Gasteiger partial charge on any atom is -0.372 e. The predicted octanol–water partition coefficient (Wildman–Crippen LogP) is 2.72. The van der Waals surface area contributed by atoms with Gasteiger partial charge in [-0.25, -0.2) is 0 Å². The van der Waals surface area contributed by atoms with E-state index in [1.54, 1.807) is 0 Å². The third-order valence-electron chi connectivity index (χ3n) is 6.72. The number of quaternary nitrogens is 1. The second kappa shape index (κ2) is 9.52. The van der Waals surface area contributed by atoms with Gasteiger partial charge in [0.05, 0.1) is 26.2 Å². The van der Waals surface area contributed by atoms with E-state index < -0.39 is 0 Å². The summed E-state index contributed by atoms with van der Waals surface area (Å²) < 4.78 is 0. The van der Waals surface area contributed by atoms with E-state index >= 15 is 0 Å². The van der Waals surface area contributed by atoms with E-state index in [-0.39, 0.29) is 11.9 Å². The van der Waals surface area contributed by atoms with Crippen LogP contribution in [0.1, 0.15) is 31.7 Å². The topological polar surface area (TPSA) is 40.0 Å². The van der Waals surface area contributed by atoms with Gasteiger partial charge in [-0.1, -0.05) is 18.2 Å². The van der Waals surface area contributed by atoms with E-state index in [4.69, 9.17) is 0 Å². The molecular formula is C25H35N4O+. The lowest BCUT2D eigenvalue weighted by Crippen LogP contribution is -3.19. The fourth-order valence-electron chi connectivity index (χ4n) is 4.73. The van der Waals surface area contributed by atoms with Gasteiger partial charge >= 0.3 is 0 Å². The molecule has 2 aliphatic heterocycles. The van der Waals surface area contributed by atoms with E-state index in [1.165, 1.54) is 41.1 Å². The van der Waals surface area contributed by atoms with Crippen LogP contribution in [0.2, 0.25) is 0 Å². The Labute approximate surface area is 180 Å². The second-order valence-corrected chi connectivity index (χ2v) is 8.74. The van der Waals surface area contributed by atoms with Gasteiger partial charge in [0, 0.05) is 30.2 Å². The Bertz CT molecular complexity index is 836. The SMILES string of the molecule is Cc1ccccc1N1CC[NH+]([C@H](C)C(=O)Nc2ccc(N3CCCCC3)cc2)CC1. The molecule has 1 atom stereocenters. The van der Waals surface area contributed by atoms with Crippen LogP contribution in [0.25, 0.3) is 0 Å². The molecule has 2 fully saturated rings. The number of piperazine rings is 1. The van der Waals surface area contributed by atoms with Gasteiger partial charge in [0.25, 0.3) is 5.91 Å². The molecule has 0 aliphatic carbocycles. The fourth-order valence-corrected chi connectivity index (χ4v) is 4.73. The summed E-state index contributed by atoms with van der Waals surface area (Å²) in [4.78, 5) is 19.1. The number of carbonyl (C=O) groups is 1. The predicted molar refractivity (Wildman–Crippen MR) is 125 cm³/mol. The maximum absolute atomic E-state index is 12.8. The molecule has 2 heterocycles. The summed E-state index contributed by atoms with van der Waals surface area (Å²) in [6, 6.07) is 16.9. The van der Waals surface area contributed by atoms with Crippen molar-refractivity contribution in [2.75, 3.05) is 54.4 Å². The van der Waals surface area contributed by atoms with Crippen molar-refractivity contribution in [1.82, 2.24) is 0 Å². The lowest BCUT2D eigenvalue weighted by atomic mass is 10.1. The molecule has 30 heavy (non-hydrogen) atoms. The van der Waals surface area contributed by atoms with Crippen LogP contribution in [-0.4, -0.2) is 51.2 Å². The van der Waals surface area contributed by atoms with Crippen molar-refractivity contribution in [2.45, 2.75) is 39.2 Å². The van der Waals surface area contributed by atoms with Crippen molar-refractivity contribution < 1.29 is 9.69 Å². The van der Waals surface area contributed by atoms with Gasteiger partial charge in [0.15, 0.2) is 6.04 Å². The third kappa shape index (κ3) is 4.78. The van der Waals surface area contributed by atoms with E-state index in [2.05, 4.69) is 65.4 Å². The first-order chi connectivity index (χ1) is 14.6. The number of nitrogens with one attached hydrogen (secondary N) is 2. The molecule has 0 unspecified atom stereocenters. The smallest absolute Gasteiger partial charge is 0.282 e. The molecule has 2 saturated heterocycles. The highest BCUT2D eigenvalue weighted by Gasteiger charge is 2.29. The zero-order valence-electron chi connectivity index (χ0n) is 18.4. The van der Waals surface area contributed by atoms with Gasteiger partial charge < -0.3 is 20.0 Å². The number of hydrogen-bond donors (Lipinski definition) is 2. The first kappa shape index (κ1) is 20.7. The van der Waals surface area contributed by atoms with Crippen LogP contribution in [-0.2, 0) is 4.79 Å². The molecule has 0 spiro atoms. The maximum Gasteiger partial charge on any atom is 0.282 e. The molecule has 1 amide bonds. The van der Waals surface area contributed by atoms with E-state index in [9.17, 15) is 4.79 Å². The number of aryl methyl sites for hydroxylation is 1. The Kier molecular flexibility index (Phi) is 6.58. The van der Waals surface area contributed by atoms with Crippen LogP contribution in [0.5, 0.6) is 0 Å². The molecule has 2 N–H and O–H groups in total. The van der Waals surface area contributed by atoms with Crippen LogP contribution in [0.4, 0.5) is 17.1 Å². The Hall–Kier alpha value is -2.53. The summed E-state index contributed by atoms with van der Waals surface area (Å²) in [6.07, 6.45) is 3.88. The van der Waals surface area contributed by atoms with Gasteiger partial charge in [0.2, 0.25) is 0 Å². The van der Waals surface area contributed by atoms with Crippen molar-refractivity contribution in [3.63, 3.8) is 0 Å². The average molecular weight is 408 g/mol. The summed E-state index contributed by atoms with van der Waals surface area (Å²) >= 11 is 0. The number of hydrogen-bond acceptors (Lipinski definition) is 3. The molecule has 2 aromatic rings. The fraction of sp³-hybridized carbons (Fsp3) is 0.480. The normalized spacial score (nSPS) is 18.9. The lowest BCUT2D eigenvalue weighted by Gasteiger charge is -2.36. The van der Waals surface area contributed by atoms with Gasteiger partial charge in [0.1, 0.15) is 0 Å². The monoisotopic (exact) mass is 407 g/mol. The van der Waals surface area contributed by atoms with Crippen molar-refractivity contribution in [3.05, 3.63) is 54.1 Å². The summed E-state index contributed by atoms with van der Waals surface area (Å²) in [5.74, 6) is 0.111. The minimum atomic E-state index is -0.0502. The summed E-state index contributed by atoms with van der Waals surface area (Å²) in [5.41, 5.74) is 4.80. The molecular weight excluding hydrogens is 372 g/mol. The highest BCUT2D eigenvalue weighted by Crippen LogP contribution is 2.22. The molecule has 0 aromatic heterocycles. The molecule has 4 rings (SSSR count). The highest BCUT2D eigenvalue weighted by atomic mass is 16.2. The van der Waals surface area contributed by atoms with Crippen LogP contribution >= 0.6 is 0 Å². The molecule has 5 nitrogen and oxygen atoms in total. The number of para-hydroxylation sites is 1. The Balaban J connectivity index is 1.29. The molecule has 0 bridgehead atoms. The van der Waals surface area contributed by atoms with Crippen LogP contribution in [0.3, 0.4) is 0 Å². The maximum atomic E-state index is 12.8. The van der Waals surface area contributed by atoms with E-state index in [0.717, 1.165) is 45.0 Å². The van der Waals surface area contributed by atoms with E-state index in [1.807, 2.05) is 12.1 Å². The van der Waals surface area contributed by atoms with Crippen molar-refractivity contribution in [3.8, 4) is 0 Å². The number of benzene rings is 2. The average Bonchev–Trinajstić information content (AvgIpc) is 2.80. The first-order valence-corrected chi connectivity index (χ1v) is 11.4. The lowest BCUT2D eigenvalue weighted by molar-refractivity contribution is -0.914. The number of carbonyl (C=O) groups excluding carboxylic acids is 1. The Morgan fingerprint density at radius 3 is 2.23 bits per heavy atom. The second-order valence-electron chi connectivity index (χ2n) is 8.74. The zero-order chi connectivity index (χ0) is 20.9. The molecule has 160 valence electrons. The van der Waals surface area contributed by atoms with Gasteiger partial charge in [-0.3, -0.25) is 4.79 Å². The summed E-state index contributed by atoms with van der Waals surface area (Å²) in [6.45, 7) is 10.4. The number of anilines is 3. The Morgan fingerprint density at radius 2 is 1.57 bits per heavy atom. The number of amides is 1. The summed E-state index contributed by atoms with van der Waals surface area (Å²) in [7, 11) is 0. The highest BCUT2D eigenvalue weighted by molar-refractivity contribution is 5.93. The van der Waals surface area contributed by atoms with Crippen molar-refractivity contribution >= 4 is 23.0 Å². The van der Waals surface area contributed by atoms with Gasteiger partial charge in [-0.05, 0) is 69.0 Å². The standard InChI is InChI=1S/C25H34N4O/c1-20-8-4-5-9-24(20)29-18-16-27(17-19-29)21(2)25(30)26-22-10-12-23(13-11-22)28-14-6-3-7-15-28/h4-5,8-13,21H,3,6-7,14-19H2,1-2H3,(H,26,30)/p+1/t21-/m1/s1. The molecule has 2 aliphatic rings. The number of rotatable bonds is 5. The quantitative estimate of drug-likeness (QED) is 0.801. The van der Waals surface area contributed by atoms with Crippen LogP contribution in [0.15, 0.2) is 48.5 Å². The third-order valence-corrected chi connectivity index (χ3v) is 6.72. The number of piperidine rings is 1. The summed E-state index contributed by atoms with van der Waals surface area (Å²) in [5, 5.41) is 3.13. The van der Waals surface area contributed by atoms with Gasteiger partial charge in [-0.15, -0.1) is 0 Å². The molecule has 5 heteroatoms. The van der Waals surface area contributed by atoms with Crippen LogP contribution in [0, 0.1) is 6.92 Å². The number of nitrogens with zero attached hydrogens (tertiary/aromatic N) is 2. The first-order valence-electron chi connectivity index (χ1n) is 11.4. The van der Waals surface area contributed by atoms with Crippen molar-refractivity contribution in [1.29, 1.82) is 0 Å².